The summed E-state index contributed by atoms with van der Waals surface area (Å²) >= 11 is 0. The molecule has 1 aromatic carbocycles. The lowest BCUT2D eigenvalue weighted by Gasteiger charge is -2.28. The lowest BCUT2D eigenvalue weighted by atomic mass is 10.0. The number of pyridine rings is 2. The number of hydrogen-bond donors (Lipinski definition) is 3. The molecule has 4 N–H and O–H groups in total. The molecular formula is C25H29N5O3. The topological polar surface area (TPSA) is 106 Å². The second kappa shape index (κ2) is 9.84. The maximum atomic E-state index is 9.91. The van der Waals surface area contributed by atoms with Crippen molar-refractivity contribution in [3.8, 4) is 16.9 Å². The van der Waals surface area contributed by atoms with Gasteiger partial charge in [0.15, 0.2) is 0 Å². The van der Waals surface area contributed by atoms with Crippen molar-refractivity contribution in [2.45, 2.75) is 18.7 Å². The Bertz CT molecular complexity index is 1130. The minimum atomic E-state index is -0.993. The summed E-state index contributed by atoms with van der Waals surface area (Å²) in [5.41, 5.74) is 9.36. The molecule has 1 fully saturated rings. The second-order valence-corrected chi connectivity index (χ2v) is 8.30. The third kappa shape index (κ3) is 4.84. The Hall–Kier alpha value is -3.04. The number of nitrogens with zero attached hydrogens (tertiary/aromatic N) is 3. The Morgan fingerprint density at radius 1 is 1.18 bits per heavy atom. The lowest BCUT2D eigenvalue weighted by molar-refractivity contribution is 0.122. The van der Waals surface area contributed by atoms with Crippen LogP contribution in [-0.4, -0.2) is 66.8 Å². The molecule has 0 saturated carbocycles. The van der Waals surface area contributed by atoms with Crippen molar-refractivity contribution in [1.82, 2.24) is 15.3 Å². The maximum Gasteiger partial charge on any atom is 0.129 e. The highest BCUT2D eigenvalue weighted by Gasteiger charge is 2.22. The van der Waals surface area contributed by atoms with E-state index in [1.165, 1.54) is 0 Å². The average Bonchev–Trinajstić information content (AvgIpc) is 2.88. The average molecular weight is 448 g/mol. The van der Waals surface area contributed by atoms with E-state index in [0.717, 1.165) is 78.4 Å². The molecule has 8 nitrogen and oxygen atoms in total. The Labute approximate surface area is 193 Å². The monoisotopic (exact) mass is 447 g/mol. The molecule has 2 aliphatic heterocycles. The molecule has 2 atom stereocenters. The van der Waals surface area contributed by atoms with Gasteiger partial charge in [-0.15, -0.1) is 0 Å². The van der Waals surface area contributed by atoms with E-state index in [1.54, 1.807) is 6.20 Å². The van der Waals surface area contributed by atoms with Gasteiger partial charge in [0.1, 0.15) is 24.4 Å². The molecule has 2 aliphatic rings. The quantitative estimate of drug-likeness (QED) is 0.390. The van der Waals surface area contributed by atoms with Gasteiger partial charge in [0.25, 0.3) is 0 Å². The van der Waals surface area contributed by atoms with Crippen LogP contribution in [-0.2, 0) is 4.74 Å². The van der Waals surface area contributed by atoms with Gasteiger partial charge in [-0.2, -0.15) is 0 Å². The summed E-state index contributed by atoms with van der Waals surface area (Å²) in [4.78, 5) is 11.5. The number of ether oxygens (including phenoxy) is 2. The van der Waals surface area contributed by atoms with Gasteiger partial charge in [-0.25, -0.2) is 4.98 Å². The predicted molar refractivity (Wildman–Crippen MR) is 128 cm³/mol. The molecule has 5 rings (SSSR count). The van der Waals surface area contributed by atoms with Gasteiger partial charge in [-0.05, 0) is 60.5 Å². The molecule has 1 saturated heterocycles. The largest absolute Gasteiger partial charge is 0.491 e. The van der Waals surface area contributed by atoms with Crippen molar-refractivity contribution in [1.29, 1.82) is 0 Å². The van der Waals surface area contributed by atoms with Crippen molar-refractivity contribution >= 4 is 16.7 Å². The molecule has 4 heterocycles. The Morgan fingerprint density at radius 3 is 2.85 bits per heavy atom. The number of aromatic nitrogens is 2. The standard InChI is InChI=1S/C25H29N5O3/c26-25(31)20-4-2-8-28-22(20)16-33-23-14-18(13-21-19(23)3-1-7-27-21)17-5-6-24(29-15-17)30-9-11-32-12-10-30/h1,3-7,13-15,22,25,28,31H,2,8-12,16,26H2. The van der Waals surface area contributed by atoms with E-state index < -0.39 is 6.23 Å². The van der Waals surface area contributed by atoms with Gasteiger partial charge in [-0.3, -0.25) is 4.98 Å². The first-order valence-electron chi connectivity index (χ1n) is 11.4. The highest BCUT2D eigenvalue weighted by atomic mass is 16.5. The Morgan fingerprint density at radius 2 is 2.06 bits per heavy atom. The lowest BCUT2D eigenvalue weighted by Crippen LogP contribution is -2.45. The number of benzene rings is 1. The van der Waals surface area contributed by atoms with Crippen molar-refractivity contribution < 1.29 is 14.6 Å². The van der Waals surface area contributed by atoms with E-state index in [9.17, 15) is 5.11 Å². The molecule has 0 aliphatic carbocycles. The summed E-state index contributed by atoms with van der Waals surface area (Å²) in [5.74, 6) is 1.70. The number of nitrogens with one attached hydrogen (secondary N) is 1. The van der Waals surface area contributed by atoms with E-state index in [4.69, 9.17) is 15.2 Å². The number of nitrogens with two attached hydrogens (primary N) is 1. The summed E-state index contributed by atoms with van der Waals surface area (Å²) in [5, 5.41) is 14.2. The molecular weight excluding hydrogens is 418 g/mol. The van der Waals surface area contributed by atoms with Crippen LogP contribution in [0.3, 0.4) is 0 Å². The van der Waals surface area contributed by atoms with Crippen LogP contribution in [0, 0.1) is 0 Å². The smallest absolute Gasteiger partial charge is 0.129 e. The molecule has 0 amide bonds. The number of rotatable bonds is 6. The van der Waals surface area contributed by atoms with Crippen LogP contribution in [0.2, 0.25) is 0 Å². The summed E-state index contributed by atoms with van der Waals surface area (Å²) in [6.07, 6.45) is 5.52. The zero-order valence-corrected chi connectivity index (χ0v) is 18.5. The normalized spacial score (nSPS) is 19.9. The van der Waals surface area contributed by atoms with E-state index in [1.807, 2.05) is 30.5 Å². The first-order valence-corrected chi connectivity index (χ1v) is 11.4. The molecule has 0 spiro atoms. The van der Waals surface area contributed by atoms with Gasteiger partial charge in [0.2, 0.25) is 0 Å². The van der Waals surface area contributed by atoms with Gasteiger partial charge in [0.05, 0.1) is 24.8 Å². The molecule has 33 heavy (non-hydrogen) atoms. The van der Waals surface area contributed by atoms with Crippen LogP contribution in [0.5, 0.6) is 5.75 Å². The third-order valence-corrected chi connectivity index (χ3v) is 6.16. The van der Waals surface area contributed by atoms with E-state index in [-0.39, 0.29) is 6.04 Å². The molecule has 2 unspecified atom stereocenters. The van der Waals surface area contributed by atoms with Crippen molar-refractivity contribution in [2.75, 3.05) is 44.4 Å². The van der Waals surface area contributed by atoms with Crippen molar-refractivity contribution in [2.24, 2.45) is 5.73 Å². The van der Waals surface area contributed by atoms with E-state index in [0.29, 0.717) is 6.61 Å². The number of hydrogen-bond acceptors (Lipinski definition) is 8. The molecule has 172 valence electrons. The van der Waals surface area contributed by atoms with Crippen LogP contribution < -0.4 is 20.7 Å². The number of morpholine rings is 1. The number of fused-ring (bicyclic) bond motifs is 1. The second-order valence-electron chi connectivity index (χ2n) is 8.30. The predicted octanol–water partition coefficient (Wildman–Crippen LogP) is 2.08. The Balaban J connectivity index is 1.41. The van der Waals surface area contributed by atoms with Crippen LogP contribution in [0.1, 0.15) is 6.42 Å². The molecule has 0 bridgehead atoms. The fourth-order valence-corrected chi connectivity index (χ4v) is 4.38. The van der Waals surface area contributed by atoms with Crippen molar-refractivity contribution in [3.05, 3.63) is 60.4 Å². The summed E-state index contributed by atoms with van der Waals surface area (Å²) in [7, 11) is 0. The van der Waals surface area contributed by atoms with Crippen molar-refractivity contribution in [3.63, 3.8) is 0 Å². The fourth-order valence-electron chi connectivity index (χ4n) is 4.38. The minimum Gasteiger partial charge on any atom is -0.491 e. The van der Waals surface area contributed by atoms with Gasteiger partial charge in [0, 0.05) is 36.4 Å². The van der Waals surface area contributed by atoms with Gasteiger partial charge < -0.3 is 30.5 Å². The number of anilines is 1. The van der Waals surface area contributed by atoms with E-state index >= 15 is 0 Å². The highest BCUT2D eigenvalue weighted by Crippen LogP contribution is 2.32. The third-order valence-electron chi connectivity index (χ3n) is 6.16. The highest BCUT2D eigenvalue weighted by molar-refractivity contribution is 5.90. The molecule has 3 aromatic rings. The SMILES string of the molecule is NC(O)C1=CCCNC1COc1cc(-c2ccc(N3CCOCC3)nc2)cc2ncccc12. The maximum absolute atomic E-state index is 9.91. The van der Waals surface area contributed by atoms with Crippen LogP contribution in [0.15, 0.2) is 60.4 Å². The molecule has 8 heteroatoms. The number of aliphatic hydroxyl groups excluding tert-OH is 1. The van der Waals surface area contributed by atoms with Crippen LogP contribution >= 0.6 is 0 Å². The summed E-state index contributed by atoms with van der Waals surface area (Å²) < 4.78 is 11.7. The number of aliphatic hydroxyl groups is 1. The zero-order chi connectivity index (χ0) is 22.6. The van der Waals surface area contributed by atoms with Gasteiger partial charge >= 0.3 is 0 Å². The first-order chi connectivity index (χ1) is 16.2. The van der Waals surface area contributed by atoms with Gasteiger partial charge in [-0.1, -0.05) is 6.08 Å². The Kier molecular flexibility index (Phi) is 6.50. The first kappa shape index (κ1) is 21.8. The summed E-state index contributed by atoms with van der Waals surface area (Å²) in [6.45, 7) is 4.36. The summed E-state index contributed by atoms with van der Waals surface area (Å²) in [6, 6.07) is 12.0. The van der Waals surface area contributed by atoms with Crippen LogP contribution in [0.4, 0.5) is 5.82 Å². The fraction of sp³-hybridized carbons (Fsp3) is 0.360. The van der Waals surface area contributed by atoms with Crippen LogP contribution in [0.25, 0.3) is 22.0 Å². The molecule has 0 radical (unpaired) electrons. The van der Waals surface area contributed by atoms with E-state index in [2.05, 4.69) is 38.4 Å². The minimum absolute atomic E-state index is 0.136. The zero-order valence-electron chi connectivity index (χ0n) is 18.5. The molecule has 2 aromatic heterocycles.